The van der Waals surface area contributed by atoms with Crippen molar-refractivity contribution in [3.63, 3.8) is 0 Å². The quantitative estimate of drug-likeness (QED) is 0.350. The number of carbonyl (C=O) groups is 3. The summed E-state index contributed by atoms with van der Waals surface area (Å²) in [7, 11) is 3.91. The van der Waals surface area contributed by atoms with Crippen LogP contribution in [0.15, 0.2) is 36.9 Å². The van der Waals surface area contributed by atoms with Crippen molar-refractivity contribution in [3.8, 4) is 11.3 Å². The zero-order valence-corrected chi connectivity index (χ0v) is 20.6. The number of aromatic nitrogens is 4. The van der Waals surface area contributed by atoms with Gasteiger partial charge in [-0.15, -0.1) is 0 Å². The zero-order valence-electron chi connectivity index (χ0n) is 20.6. The first-order valence-corrected chi connectivity index (χ1v) is 11.2. The lowest BCUT2D eigenvalue weighted by Gasteiger charge is -2.23. The Kier molecular flexibility index (Phi) is 7.15. The minimum atomic E-state index is -1.04. The molecule has 0 bridgehead atoms. The lowest BCUT2D eigenvalue weighted by Crippen LogP contribution is -2.40. The molecule has 2 aromatic heterocycles. The van der Waals surface area contributed by atoms with E-state index >= 15 is 0 Å². The molecule has 1 fully saturated rings. The van der Waals surface area contributed by atoms with Crippen LogP contribution in [0.3, 0.4) is 0 Å². The smallest absolute Gasteiger partial charge is 0.303 e. The minimum absolute atomic E-state index is 0.202. The Labute approximate surface area is 207 Å². The Balaban J connectivity index is 1.74. The molecule has 1 aliphatic rings. The summed E-state index contributed by atoms with van der Waals surface area (Å²) in [6.07, 6.45) is -0.995. The van der Waals surface area contributed by atoms with Gasteiger partial charge in [-0.25, -0.2) is 15.0 Å². The number of hydrogen-bond donors (Lipinski definition) is 0. The molecule has 36 heavy (non-hydrogen) atoms. The van der Waals surface area contributed by atoms with Crippen LogP contribution in [0.1, 0.15) is 27.0 Å². The van der Waals surface area contributed by atoms with E-state index in [1.807, 2.05) is 43.3 Å². The fraction of sp³-hybridized carbons (Fsp3) is 0.417. The van der Waals surface area contributed by atoms with Crippen LogP contribution in [0.5, 0.6) is 0 Å². The largest absolute Gasteiger partial charge is 0.463 e. The van der Waals surface area contributed by atoms with Gasteiger partial charge in [-0.05, 0) is 12.1 Å². The highest BCUT2D eigenvalue weighted by atomic mass is 16.7. The average molecular weight is 498 g/mol. The Morgan fingerprint density at radius 3 is 2.22 bits per heavy atom. The Morgan fingerprint density at radius 1 is 0.944 bits per heavy atom. The molecule has 1 unspecified atom stereocenters. The second kappa shape index (κ2) is 10.3. The van der Waals surface area contributed by atoms with Crippen molar-refractivity contribution in [2.24, 2.45) is 0 Å². The molecule has 0 amide bonds. The van der Waals surface area contributed by atoms with Crippen molar-refractivity contribution in [3.05, 3.63) is 36.9 Å². The van der Waals surface area contributed by atoms with Gasteiger partial charge in [-0.3, -0.25) is 19.0 Å². The van der Waals surface area contributed by atoms with Crippen LogP contribution in [0.2, 0.25) is 0 Å². The highest BCUT2D eigenvalue weighted by Crippen LogP contribution is 2.37. The molecule has 3 aromatic rings. The van der Waals surface area contributed by atoms with Gasteiger partial charge in [0.1, 0.15) is 30.2 Å². The number of ether oxygens (including phenoxy) is 4. The summed E-state index contributed by atoms with van der Waals surface area (Å²) >= 11 is 0. The van der Waals surface area contributed by atoms with Crippen molar-refractivity contribution in [1.29, 1.82) is 0 Å². The molecule has 0 N–H and O–H groups in total. The number of esters is 3. The number of imidazole rings is 1. The molecular weight excluding hydrogens is 470 g/mol. The highest BCUT2D eigenvalue weighted by Gasteiger charge is 2.51. The third kappa shape index (κ3) is 5.13. The maximum Gasteiger partial charge on any atom is 0.303 e. The highest BCUT2D eigenvalue weighted by molar-refractivity contribution is 5.87. The summed E-state index contributed by atoms with van der Waals surface area (Å²) in [6, 6.07) is 7.83. The average Bonchev–Trinajstić information content (AvgIpc) is 3.38. The molecule has 0 spiro atoms. The van der Waals surface area contributed by atoms with Crippen LogP contribution in [-0.4, -0.2) is 76.4 Å². The molecule has 12 nitrogen and oxygen atoms in total. The standard InChI is InChI=1S/C24H27N5O7/c1-13(30)33-10-18-21(34-14(2)31)22(35-15(3)32)24(36-18)29-12-27-20-19(25-11-26-23(20)29)16-6-8-17(9-7-16)28(4)5/h6-9,11-12,18,21-22,24H,10H2,1-5H3/t18-,21+,22-,24?/m0/s1. The number of carbonyl (C=O) groups excluding carboxylic acids is 3. The molecule has 4 atom stereocenters. The third-order valence-electron chi connectivity index (χ3n) is 5.63. The predicted octanol–water partition coefficient (Wildman–Crippen LogP) is 1.88. The van der Waals surface area contributed by atoms with Crippen LogP contribution < -0.4 is 4.90 Å². The number of hydrogen-bond acceptors (Lipinski definition) is 11. The fourth-order valence-electron chi connectivity index (χ4n) is 4.08. The van der Waals surface area contributed by atoms with Crippen molar-refractivity contribution < 1.29 is 33.3 Å². The van der Waals surface area contributed by atoms with E-state index in [2.05, 4.69) is 15.0 Å². The maximum atomic E-state index is 11.9. The van der Waals surface area contributed by atoms with Crippen molar-refractivity contribution >= 4 is 34.8 Å². The molecule has 1 aliphatic heterocycles. The van der Waals surface area contributed by atoms with Gasteiger partial charge in [0.25, 0.3) is 0 Å². The van der Waals surface area contributed by atoms with E-state index in [0.717, 1.165) is 11.3 Å². The Hall–Kier alpha value is -4.06. The van der Waals surface area contributed by atoms with E-state index < -0.39 is 42.4 Å². The van der Waals surface area contributed by atoms with Crippen molar-refractivity contribution in [2.45, 2.75) is 45.3 Å². The maximum absolute atomic E-state index is 11.9. The van der Waals surface area contributed by atoms with Crippen LogP contribution in [0.4, 0.5) is 5.69 Å². The molecule has 0 aliphatic carbocycles. The number of fused-ring (bicyclic) bond motifs is 1. The lowest BCUT2D eigenvalue weighted by molar-refractivity contribution is -0.166. The number of rotatable bonds is 7. The summed E-state index contributed by atoms with van der Waals surface area (Å²) in [6.45, 7) is 3.52. The molecule has 1 saturated heterocycles. The summed E-state index contributed by atoms with van der Waals surface area (Å²) in [5, 5.41) is 0. The molecule has 3 heterocycles. The normalized spacial score (nSPS) is 21.2. The summed E-state index contributed by atoms with van der Waals surface area (Å²) in [5.41, 5.74) is 3.42. The first kappa shape index (κ1) is 25.0. The number of benzene rings is 1. The summed E-state index contributed by atoms with van der Waals surface area (Å²) in [5.74, 6) is -1.73. The van der Waals surface area contributed by atoms with Gasteiger partial charge >= 0.3 is 17.9 Å². The minimum Gasteiger partial charge on any atom is -0.463 e. The van der Waals surface area contributed by atoms with Crippen LogP contribution in [-0.2, 0) is 33.3 Å². The second-order valence-electron chi connectivity index (χ2n) is 8.50. The summed E-state index contributed by atoms with van der Waals surface area (Å²) < 4.78 is 23.7. The lowest BCUT2D eigenvalue weighted by atomic mass is 10.1. The van der Waals surface area contributed by atoms with E-state index in [-0.39, 0.29) is 6.61 Å². The van der Waals surface area contributed by atoms with Crippen LogP contribution in [0, 0.1) is 0 Å². The van der Waals surface area contributed by atoms with Crippen LogP contribution >= 0.6 is 0 Å². The van der Waals surface area contributed by atoms with Gasteiger partial charge in [-0.1, -0.05) is 12.1 Å². The van der Waals surface area contributed by atoms with Gasteiger partial charge in [0.2, 0.25) is 0 Å². The van der Waals surface area contributed by atoms with Crippen LogP contribution in [0.25, 0.3) is 22.4 Å². The van der Waals surface area contributed by atoms with Gasteiger partial charge in [-0.2, -0.15) is 0 Å². The van der Waals surface area contributed by atoms with Gasteiger partial charge in [0.15, 0.2) is 24.1 Å². The van der Waals surface area contributed by atoms with Gasteiger partial charge < -0.3 is 23.8 Å². The van der Waals surface area contributed by atoms with E-state index in [9.17, 15) is 14.4 Å². The second-order valence-corrected chi connectivity index (χ2v) is 8.50. The van der Waals surface area contributed by atoms with Crippen molar-refractivity contribution in [2.75, 3.05) is 25.6 Å². The summed E-state index contributed by atoms with van der Waals surface area (Å²) in [4.78, 5) is 50.5. The molecule has 4 rings (SSSR count). The first-order chi connectivity index (χ1) is 17.2. The van der Waals surface area contributed by atoms with E-state index in [0.29, 0.717) is 16.9 Å². The van der Waals surface area contributed by atoms with Gasteiger partial charge in [0.05, 0.1) is 6.33 Å². The molecule has 190 valence electrons. The topological polar surface area (TPSA) is 135 Å². The zero-order chi connectivity index (χ0) is 26.0. The first-order valence-electron chi connectivity index (χ1n) is 11.2. The molecular formula is C24H27N5O7. The van der Waals surface area contributed by atoms with Crippen molar-refractivity contribution in [1.82, 2.24) is 19.5 Å². The SMILES string of the molecule is CC(=O)OC[C@@H]1OC(n2cnc3c(-c4ccc(N(C)C)cc4)ncnc32)[C@@H](OC(C)=O)[C@@H]1OC(C)=O. The Bertz CT molecular complexity index is 1270. The number of nitrogens with zero attached hydrogens (tertiary/aromatic N) is 5. The molecule has 0 radical (unpaired) electrons. The van der Waals surface area contributed by atoms with E-state index in [1.165, 1.54) is 33.4 Å². The third-order valence-corrected chi connectivity index (χ3v) is 5.63. The van der Waals surface area contributed by atoms with E-state index in [1.54, 1.807) is 4.57 Å². The van der Waals surface area contributed by atoms with E-state index in [4.69, 9.17) is 18.9 Å². The number of anilines is 1. The molecule has 12 heteroatoms. The predicted molar refractivity (Wildman–Crippen MR) is 127 cm³/mol. The molecule has 0 saturated carbocycles. The Morgan fingerprint density at radius 2 is 1.61 bits per heavy atom. The monoisotopic (exact) mass is 497 g/mol. The fourth-order valence-corrected chi connectivity index (χ4v) is 4.08. The molecule has 1 aromatic carbocycles. The van der Waals surface area contributed by atoms with Gasteiger partial charge in [0, 0.05) is 46.1 Å².